The van der Waals surface area contributed by atoms with Crippen LogP contribution >= 0.6 is 0 Å². The van der Waals surface area contributed by atoms with Gasteiger partial charge in [-0.25, -0.2) is 0 Å². The number of likely N-dealkylation sites (tertiary alicyclic amines) is 1. The largest absolute Gasteiger partial charge is 0.380 e. The van der Waals surface area contributed by atoms with Gasteiger partial charge in [0.05, 0.1) is 6.61 Å². The Hall–Kier alpha value is -0.120. The van der Waals surface area contributed by atoms with E-state index in [4.69, 9.17) is 10.5 Å². The topological polar surface area (TPSA) is 38.5 Å². The summed E-state index contributed by atoms with van der Waals surface area (Å²) in [5.41, 5.74) is 6.53. The highest BCUT2D eigenvalue weighted by Crippen LogP contribution is 2.30. The van der Waals surface area contributed by atoms with E-state index in [2.05, 4.69) is 18.7 Å². The first kappa shape index (κ1) is 13.9. The van der Waals surface area contributed by atoms with Crippen LogP contribution in [0.3, 0.4) is 0 Å². The summed E-state index contributed by atoms with van der Waals surface area (Å²) in [5, 5.41) is 0. The summed E-state index contributed by atoms with van der Waals surface area (Å²) in [7, 11) is 0. The molecule has 0 amide bonds. The Morgan fingerprint density at radius 2 is 1.75 bits per heavy atom. The maximum absolute atomic E-state index is 6.37. The molecule has 1 aliphatic heterocycles. The Balaban J connectivity index is 2.68. The van der Waals surface area contributed by atoms with E-state index in [-0.39, 0.29) is 11.6 Å². The first-order valence-corrected chi connectivity index (χ1v) is 6.79. The number of ether oxygens (including phenoxy) is 1. The van der Waals surface area contributed by atoms with Crippen LogP contribution in [0.15, 0.2) is 0 Å². The molecule has 3 nitrogen and oxygen atoms in total. The van der Waals surface area contributed by atoms with E-state index >= 15 is 0 Å². The van der Waals surface area contributed by atoms with Gasteiger partial charge in [-0.05, 0) is 45.7 Å². The molecular formula is C13H28N2O. The molecule has 3 heteroatoms. The lowest BCUT2D eigenvalue weighted by Crippen LogP contribution is -2.60. The maximum Gasteiger partial charge on any atom is 0.0635 e. The number of hydrogen-bond donors (Lipinski definition) is 1. The molecule has 0 aromatic rings. The lowest BCUT2D eigenvalue weighted by Gasteiger charge is -2.45. The van der Waals surface area contributed by atoms with Crippen LogP contribution in [0.25, 0.3) is 0 Å². The predicted molar refractivity (Wildman–Crippen MR) is 68.6 cm³/mol. The highest BCUT2D eigenvalue weighted by atomic mass is 16.5. The molecule has 96 valence electrons. The Kier molecular flexibility index (Phi) is 5.73. The van der Waals surface area contributed by atoms with Crippen molar-refractivity contribution in [3.05, 3.63) is 0 Å². The minimum atomic E-state index is 0.139. The minimum Gasteiger partial charge on any atom is -0.380 e. The SMILES string of the molecule is CCOCC(N)C(CC)(CC)N1CCCC1. The standard InChI is InChI=1S/C13H28N2O/c1-4-13(5-2,12(14)11-16-6-3)15-9-7-8-10-15/h12H,4-11,14H2,1-3H3. The van der Waals surface area contributed by atoms with Crippen LogP contribution in [0.5, 0.6) is 0 Å². The summed E-state index contributed by atoms with van der Waals surface area (Å²) < 4.78 is 5.51. The van der Waals surface area contributed by atoms with Crippen molar-refractivity contribution in [3.63, 3.8) is 0 Å². The summed E-state index contributed by atoms with van der Waals surface area (Å²) >= 11 is 0. The fourth-order valence-electron chi connectivity index (χ4n) is 3.02. The van der Waals surface area contributed by atoms with Gasteiger partial charge in [0.2, 0.25) is 0 Å². The van der Waals surface area contributed by atoms with Crippen LogP contribution in [0, 0.1) is 0 Å². The van der Waals surface area contributed by atoms with E-state index in [1.54, 1.807) is 0 Å². The van der Waals surface area contributed by atoms with Crippen molar-refractivity contribution < 1.29 is 4.74 Å². The molecule has 1 fully saturated rings. The summed E-state index contributed by atoms with van der Waals surface area (Å²) in [4.78, 5) is 2.59. The normalized spacial score (nSPS) is 20.2. The van der Waals surface area contributed by atoms with Crippen molar-refractivity contribution in [2.24, 2.45) is 5.73 Å². The molecule has 0 bridgehead atoms. The molecule has 1 atom stereocenters. The van der Waals surface area contributed by atoms with Gasteiger partial charge < -0.3 is 10.5 Å². The zero-order chi connectivity index (χ0) is 12.0. The molecule has 16 heavy (non-hydrogen) atoms. The minimum absolute atomic E-state index is 0.139. The van der Waals surface area contributed by atoms with Crippen molar-refractivity contribution in [2.45, 2.75) is 58.0 Å². The third kappa shape index (κ3) is 2.76. The molecule has 0 aromatic heterocycles. The molecule has 1 unspecified atom stereocenters. The van der Waals surface area contributed by atoms with E-state index in [1.807, 2.05) is 6.92 Å². The summed E-state index contributed by atoms with van der Waals surface area (Å²) in [5.74, 6) is 0. The van der Waals surface area contributed by atoms with Crippen LogP contribution < -0.4 is 5.73 Å². The molecule has 1 rings (SSSR count). The second-order valence-corrected chi connectivity index (χ2v) is 4.77. The molecular weight excluding hydrogens is 200 g/mol. The van der Waals surface area contributed by atoms with E-state index in [9.17, 15) is 0 Å². The second-order valence-electron chi connectivity index (χ2n) is 4.77. The number of nitrogens with zero attached hydrogens (tertiary/aromatic N) is 1. The highest BCUT2D eigenvalue weighted by molar-refractivity contribution is 4.98. The van der Waals surface area contributed by atoms with Crippen molar-refractivity contribution in [1.82, 2.24) is 4.90 Å². The molecule has 0 aromatic carbocycles. The smallest absolute Gasteiger partial charge is 0.0635 e. The molecule has 0 radical (unpaired) electrons. The Morgan fingerprint density at radius 1 is 1.19 bits per heavy atom. The van der Waals surface area contributed by atoms with E-state index < -0.39 is 0 Å². The highest BCUT2D eigenvalue weighted by Gasteiger charge is 2.40. The predicted octanol–water partition coefficient (Wildman–Crippen LogP) is 2.00. The monoisotopic (exact) mass is 228 g/mol. The Morgan fingerprint density at radius 3 is 2.19 bits per heavy atom. The summed E-state index contributed by atoms with van der Waals surface area (Å²) in [6.45, 7) is 10.4. The first-order chi connectivity index (χ1) is 7.71. The number of nitrogens with two attached hydrogens (primary N) is 1. The van der Waals surface area contributed by atoms with Gasteiger partial charge in [-0.1, -0.05) is 13.8 Å². The lowest BCUT2D eigenvalue weighted by atomic mass is 9.83. The zero-order valence-electron chi connectivity index (χ0n) is 11.2. The van der Waals surface area contributed by atoms with Crippen molar-refractivity contribution in [2.75, 3.05) is 26.3 Å². The van der Waals surface area contributed by atoms with E-state index in [1.165, 1.54) is 25.9 Å². The third-order valence-corrected chi connectivity index (χ3v) is 4.15. The summed E-state index contributed by atoms with van der Waals surface area (Å²) in [6, 6.07) is 0.139. The molecule has 0 aliphatic carbocycles. The van der Waals surface area contributed by atoms with Gasteiger partial charge in [-0.3, -0.25) is 4.90 Å². The van der Waals surface area contributed by atoms with Gasteiger partial charge >= 0.3 is 0 Å². The Bertz CT molecular complexity index is 186. The van der Waals surface area contributed by atoms with Crippen LogP contribution in [0.2, 0.25) is 0 Å². The molecule has 1 aliphatic rings. The van der Waals surface area contributed by atoms with Gasteiger partial charge in [-0.2, -0.15) is 0 Å². The molecule has 0 saturated carbocycles. The fraction of sp³-hybridized carbons (Fsp3) is 1.00. The lowest BCUT2D eigenvalue weighted by molar-refractivity contribution is 0.0287. The average Bonchev–Trinajstić information content (AvgIpc) is 2.83. The average molecular weight is 228 g/mol. The van der Waals surface area contributed by atoms with Crippen LogP contribution in [0.1, 0.15) is 46.5 Å². The summed E-state index contributed by atoms with van der Waals surface area (Å²) in [6.07, 6.45) is 4.89. The van der Waals surface area contributed by atoms with Gasteiger partial charge in [0, 0.05) is 18.2 Å². The number of hydrogen-bond acceptors (Lipinski definition) is 3. The second kappa shape index (κ2) is 6.58. The van der Waals surface area contributed by atoms with Crippen molar-refractivity contribution >= 4 is 0 Å². The quantitative estimate of drug-likeness (QED) is 0.724. The van der Waals surface area contributed by atoms with E-state index in [0.29, 0.717) is 6.61 Å². The molecule has 1 heterocycles. The Labute approximate surface area is 100 Å². The van der Waals surface area contributed by atoms with Crippen molar-refractivity contribution in [3.8, 4) is 0 Å². The zero-order valence-corrected chi connectivity index (χ0v) is 11.2. The van der Waals surface area contributed by atoms with Crippen LogP contribution in [-0.2, 0) is 4.74 Å². The number of rotatable bonds is 7. The van der Waals surface area contributed by atoms with Crippen molar-refractivity contribution in [1.29, 1.82) is 0 Å². The maximum atomic E-state index is 6.37. The third-order valence-electron chi connectivity index (χ3n) is 4.15. The molecule has 2 N–H and O–H groups in total. The fourth-order valence-corrected chi connectivity index (χ4v) is 3.02. The molecule has 1 saturated heterocycles. The first-order valence-electron chi connectivity index (χ1n) is 6.79. The van der Waals surface area contributed by atoms with Gasteiger partial charge in [0.25, 0.3) is 0 Å². The van der Waals surface area contributed by atoms with Crippen LogP contribution in [-0.4, -0.2) is 42.8 Å². The van der Waals surface area contributed by atoms with Gasteiger partial charge in [-0.15, -0.1) is 0 Å². The van der Waals surface area contributed by atoms with E-state index in [0.717, 1.165) is 19.4 Å². The molecule has 0 spiro atoms. The van der Waals surface area contributed by atoms with Gasteiger partial charge in [0.15, 0.2) is 0 Å². The van der Waals surface area contributed by atoms with Crippen LogP contribution in [0.4, 0.5) is 0 Å². The van der Waals surface area contributed by atoms with Gasteiger partial charge in [0.1, 0.15) is 0 Å².